The Balaban J connectivity index is 1.44. The summed E-state index contributed by atoms with van der Waals surface area (Å²) >= 11 is 13.5. The molecule has 2 amide bonds. The molecule has 9 heteroatoms. The van der Waals surface area contributed by atoms with Gasteiger partial charge in [0.25, 0.3) is 5.91 Å². The molecule has 182 valence electrons. The van der Waals surface area contributed by atoms with Crippen LogP contribution in [0, 0.1) is 0 Å². The van der Waals surface area contributed by atoms with Crippen molar-refractivity contribution in [1.29, 1.82) is 0 Å². The van der Waals surface area contributed by atoms with Gasteiger partial charge in [-0.1, -0.05) is 53.5 Å². The second kappa shape index (κ2) is 11.0. The summed E-state index contributed by atoms with van der Waals surface area (Å²) in [7, 11) is 0. The second-order valence-electron chi connectivity index (χ2n) is 7.84. The Hall–Kier alpha value is -3.52. The number of halogens is 2. The lowest BCUT2D eigenvalue weighted by Gasteiger charge is -2.14. The third-order valence-corrected chi connectivity index (χ3v) is 7.31. The van der Waals surface area contributed by atoms with Crippen LogP contribution in [0.2, 0.25) is 10.0 Å². The molecule has 4 rings (SSSR count). The van der Waals surface area contributed by atoms with E-state index in [1.807, 2.05) is 0 Å². The predicted molar refractivity (Wildman–Crippen MR) is 146 cm³/mol. The van der Waals surface area contributed by atoms with E-state index >= 15 is 0 Å². The molecule has 0 bridgehead atoms. The molecule has 1 unspecified atom stereocenters. The van der Waals surface area contributed by atoms with Crippen molar-refractivity contribution in [3.05, 3.63) is 100 Å². The van der Waals surface area contributed by atoms with Crippen LogP contribution >= 0.6 is 35.0 Å². The van der Waals surface area contributed by atoms with Gasteiger partial charge in [-0.3, -0.25) is 9.59 Å². The number of amides is 2. The number of nitrogens with one attached hydrogen (secondary N) is 2. The van der Waals surface area contributed by atoms with Crippen molar-refractivity contribution in [2.75, 3.05) is 10.6 Å². The van der Waals surface area contributed by atoms with Crippen molar-refractivity contribution >= 4 is 74.9 Å². The summed E-state index contributed by atoms with van der Waals surface area (Å²) in [5.41, 5.74) is 1.32. The minimum absolute atomic E-state index is 0.0660. The molecule has 0 saturated carbocycles. The summed E-state index contributed by atoms with van der Waals surface area (Å²) in [6.07, 6.45) is 0. The number of aromatic carboxylic acids is 1. The molecule has 0 aliphatic rings. The minimum Gasteiger partial charge on any atom is -0.478 e. The lowest BCUT2D eigenvalue weighted by molar-refractivity contribution is -0.115. The van der Waals surface area contributed by atoms with E-state index in [0.29, 0.717) is 27.2 Å². The molecule has 0 radical (unpaired) electrons. The highest BCUT2D eigenvalue weighted by atomic mass is 35.5. The topological polar surface area (TPSA) is 95.5 Å². The first kappa shape index (κ1) is 25.6. The van der Waals surface area contributed by atoms with E-state index in [1.165, 1.54) is 17.8 Å². The fourth-order valence-corrected chi connectivity index (χ4v) is 4.83. The number of carboxylic acids is 1. The lowest BCUT2D eigenvalue weighted by Crippen LogP contribution is -2.22. The van der Waals surface area contributed by atoms with Crippen LogP contribution in [-0.2, 0) is 4.79 Å². The number of anilines is 2. The monoisotopic (exact) mass is 538 g/mol. The maximum Gasteiger partial charge on any atom is 0.336 e. The van der Waals surface area contributed by atoms with Gasteiger partial charge < -0.3 is 15.7 Å². The van der Waals surface area contributed by atoms with Gasteiger partial charge in [-0.05, 0) is 60.8 Å². The summed E-state index contributed by atoms with van der Waals surface area (Å²) in [5.74, 6) is -1.74. The largest absolute Gasteiger partial charge is 0.478 e. The summed E-state index contributed by atoms with van der Waals surface area (Å²) in [5, 5.41) is 16.4. The second-order valence-corrected chi connectivity index (χ2v) is 10.0. The van der Waals surface area contributed by atoms with E-state index in [1.54, 1.807) is 79.7 Å². The summed E-state index contributed by atoms with van der Waals surface area (Å²) in [4.78, 5) is 38.1. The van der Waals surface area contributed by atoms with Crippen LogP contribution < -0.4 is 10.6 Å². The van der Waals surface area contributed by atoms with Gasteiger partial charge in [0.2, 0.25) is 5.91 Å². The van der Waals surface area contributed by atoms with E-state index in [9.17, 15) is 19.5 Å². The average Bonchev–Trinajstić information content (AvgIpc) is 2.87. The molecule has 0 spiro atoms. The van der Waals surface area contributed by atoms with Crippen molar-refractivity contribution in [3.63, 3.8) is 0 Å². The smallest absolute Gasteiger partial charge is 0.336 e. The third-order valence-electron chi connectivity index (χ3n) is 5.38. The molecule has 3 N–H and O–H groups in total. The number of carbonyl (C=O) groups is 3. The average molecular weight is 539 g/mol. The summed E-state index contributed by atoms with van der Waals surface area (Å²) < 4.78 is 0. The van der Waals surface area contributed by atoms with E-state index in [4.69, 9.17) is 23.2 Å². The first-order valence-corrected chi connectivity index (χ1v) is 12.5. The van der Waals surface area contributed by atoms with Gasteiger partial charge in [0.05, 0.1) is 26.5 Å². The zero-order valence-corrected chi connectivity index (χ0v) is 21.2. The molecule has 0 heterocycles. The molecule has 36 heavy (non-hydrogen) atoms. The van der Waals surface area contributed by atoms with Crippen LogP contribution in [-0.4, -0.2) is 28.1 Å². The van der Waals surface area contributed by atoms with Crippen molar-refractivity contribution in [2.45, 2.75) is 17.1 Å². The van der Waals surface area contributed by atoms with E-state index < -0.39 is 17.1 Å². The Morgan fingerprint density at radius 1 is 0.833 bits per heavy atom. The SMILES string of the molecule is CC(Sc1ccc(NC(=O)c2cccc3cccc(C(=O)O)c23)cc1)C(=O)Nc1cccc(Cl)c1Cl. The minimum atomic E-state index is -1.10. The molecule has 0 saturated heterocycles. The third kappa shape index (κ3) is 5.65. The molecule has 4 aromatic rings. The van der Waals surface area contributed by atoms with Gasteiger partial charge in [-0.2, -0.15) is 0 Å². The molecular formula is C27H20Cl2N2O4S. The van der Waals surface area contributed by atoms with Crippen LogP contribution in [0.5, 0.6) is 0 Å². The van der Waals surface area contributed by atoms with Crippen LogP contribution in [0.25, 0.3) is 10.8 Å². The van der Waals surface area contributed by atoms with Crippen molar-refractivity contribution in [2.24, 2.45) is 0 Å². The Bertz CT molecular complexity index is 1470. The molecule has 0 aromatic heterocycles. The van der Waals surface area contributed by atoms with Crippen molar-refractivity contribution < 1.29 is 19.5 Å². The molecule has 0 fully saturated rings. The quantitative estimate of drug-likeness (QED) is 0.216. The number of carbonyl (C=O) groups excluding carboxylic acids is 2. The number of fused-ring (bicyclic) bond motifs is 1. The normalized spacial score (nSPS) is 11.6. The lowest BCUT2D eigenvalue weighted by atomic mass is 9.98. The van der Waals surface area contributed by atoms with E-state index in [-0.39, 0.29) is 22.1 Å². The van der Waals surface area contributed by atoms with Gasteiger partial charge in [-0.25, -0.2) is 4.79 Å². The van der Waals surface area contributed by atoms with Gasteiger partial charge in [0, 0.05) is 21.5 Å². The number of hydrogen-bond donors (Lipinski definition) is 3. The van der Waals surface area contributed by atoms with E-state index in [2.05, 4.69) is 10.6 Å². The predicted octanol–water partition coefficient (Wildman–Crippen LogP) is 7.22. The molecule has 6 nitrogen and oxygen atoms in total. The summed E-state index contributed by atoms with van der Waals surface area (Å²) in [6.45, 7) is 1.77. The number of rotatable bonds is 7. The highest BCUT2D eigenvalue weighted by molar-refractivity contribution is 8.00. The first-order chi connectivity index (χ1) is 17.2. The number of hydrogen-bond acceptors (Lipinski definition) is 4. The Morgan fingerprint density at radius 2 is 1.47 bits per heavy atom. The highest BCUT2D eigenvalue weighted by Crippen LogP contribution is 2.31. The van der Waals surface area contributed by atoms with Crippen LogP contribution in [0.4, 0.5) is 11.4 Å². The van der Waals surface area contributed by atoms with Crippen molar-refractivity contribution in [3.8, 4) is 0 Å². The van der Waals surface area contributed by atoms with Crippen LogP contribution in [0.3, 0.4) is 0 Å². The zero-order valence-electron chi connectivity index (χ0n) is 18.9. The Kier molecular flexibility index (Phi) is 7.84. The maximum atomic E-state index is 13.0. The summed E-state index contributed by atoms with van der Waals surface area (Å²) in [6, 6.07) is 22.0. The van der Waals surface area contributed by atoms with Crippen LogP contribution in [0.15, 0.2) is 83.8 Å². The number of carboxylic acid groups (broad SMARTS) is 1. The first-order valence-electron chi connectivity index (χ1n) is 10.8. The van der Waals surface area contributed by atoms with E-state index in [0.717, 1.165) is 4.90 Å². The standard InChI is InChI=1S/C27H20Cl2N2O4S/c1-15(25(32)31-22-10-4-9-21(28)24(22)29)36-18-13-11-17(12-14-18)30-26(33)19-7-2-5-16-6-3-8-20(23(16)19)27(34)35/h2-15H,1H3,(H,30,33)(H,31,32)(H,34,35). The number of thioether (sulfide) groups is 1. The zero-order chi connectivity index (χ0) is 25.8. The van der Waals surface area contributed by atoms with Gasteiger partial charge in [-0.15, -0.1) is 11.8 Å². The molecule has 0 aliphatic heterocycles. The number of benzene rings is 4. The van der Waals surface area contributed by atoms with Crippen LogP contribution in [0.1, 0.15) is 27.6 Å². The van der Waals surface area contributed by atoms with Crippen molar-refractivity contribution in [1.82, 2.24) is 0 Å². The van der Waals surface area contributed by atoms with Gasteiger partial charge >= 0.3 is 5.97 Å². The Morgan fingerprint density at radius 3 is 2.14 bits per heavy atom. The van der Waals surface area contributed by atoms with Gasteiger partial charge in [0.1, 0.15) is 0 Å². The maximum absolute atomic E-state index is 13.0. The fourth-order valence-electron chi connectivity index (χ4n) is 3.62. The van der Waals surface area contributed by atoms with Gasteiger partial charge in [0.15, 0.2) is 0 Å². The highest BCUT2D eigenvalue weighted by Gasteiger charge is 2.18. The molecule has 0 aliphatic carbocycles. The molecule has 4 aromatic carbocycles. The molecule has 1 atom stereocenters. The molecular weight excluding hydrogens is 519 g/mol. The fraction of sp³-hybridized carbons (Fsp3) is 0.0741. The Labute approximate surface area is 221 Å².